The van der Waals surface area contributed by atoms with Crippen LogP contribution in [0.5, 0.6) is 0 Å². The molecule has 0 aromatic carbocycles. The molecule has 2 N–H and O–H groups in total. The molecule has 14 heavy (non-hydrogen) atoms. The summed E-state index contributed by atoms with van der Waals surface area (Å²) < 4.78 is 0. The van der Waals surface area contributed by atoms with E-state index >= 15 is 0 Å². The van der Waals surface area contributed by atoms with Crippen LogP contribution in [0.15, 0.2) is 24.4 Å². The van der Waals surface area contributed by atoms with Crippen LogP contribution in [-0.2, 0) is 0 Å². The van der Waals surface area contributed by atoms with Crippen LogP contribution >= 0.6 is 24.8 Å². The average Bonchev–Trinajstić information content (AvgIpc) is 2.59. The zero-order valence-corrected chi connectivity index (χ0v) is 9.40. The smallest absolute Gasteiger partial charge is 0.126 e. The third-order valence-corrected chi connectivity index (χ3v) is 2.08. The second kappa shape index (κ2) is 6.87. The zero-order valence-electron chi connectivity index (χ0n) is 7.77. The molecule has 1 saturated heterocycles. The first kappa shape index (κ1) is 13.5. The molecule has 0 radical (unpaired) electrons. The van der Waals surface area contributed by atoms with Crippen LogP contribution in [0.25, 0.3) is 0 Å². The Labute approximate surface area is 96.5 Å². The Balaban J connectivity index is 0.000000845. The van der Waals surface area contributed by atoms with Crippen LogP contribution in [0.1, 0.15) is 6.42 Å². The molecule has 0 aliphatic carbocycles. The molecule has 1 aliphatic heterocycles. The number of hydrogen-bond donors (Lipinski definition) is 2. The summed E-state index contributed by atoms with van der Waals surface area (Å²) in [6.07, 6.45) is 3.00. The number of rotatable bonds is 2. The lowest BCUT2D eigenvalue weighted by Crippen LogP contribution is -2.22. The Hall–Kier alpha value is -0.510. The van der Waals surface area contributed by atoms with Crippen molar-refractivity contribution in [3.63, 3.8) is 0 Å². The van der Waals surface area contributed by atoms with Crippen LogP contribution in [-0.4, -0.2) is 24.1 Å². The molecule has 0 spiro atoms. The van der Waals surface area contributed by atoms with Gasteiger partial charge in [0.1, 0.15) is 5.82 Å². The summed E-state index contributed by atoms with van der Waals surface area (Å²) in [5, 5.41) is 6.67. The molecule has 2 heterocycles. The van der Waals surface area contributed by atoms with Gasteiger partial charge in [-0.3, -0.25) is 0 Å². The van der Waals surface area contributed by atoms with Crippen molar-refractivity contribution in [3.8, 4) is 0 Å². The molecular formula is C9H15Cl2N3. The van der Waals surface area contributed by atoms with Gasteiger partial charge in [0.15, 0.2) is 0 Å². The zero-order chi connectivity index (χ0) is 8.23. The van der Waals surface area contributed by atoms with E-state index in [4.69, 9.17) is 0 Å². The topological polar surface area (TPSA) is 37.0 Å². The van der Waals surface area contributed by atoms with E-state index in [1.165, 1.54) is 6.42 Å². The molecule has 0 amide bonds. The van der Waals surface area contributed by atoms with Crippen LogP contribution in [0.4, 0.5) is 5.82 Å². The lowest BCUT2D eigenvalue weighted by atomic mass is 10.2. The predicted molar refractivity (Wildman–Crippen MR) is 63.6 cm³/mol. The van der Waals surface area contributed by atoms with Crippen molar-refractivity contribution in [2.24, 2.45) is 0 Å². The van der Waals surface area contributed by atoms with E-state index in [2.05, 4.69) is 15.6 Å². The molecule has 1 aromatic rings. The third kappa shape index (κ3) is 3.70. The van der Waals surface area contributed by atoms with Crippen LogP contribution in [0.2, 0.25) is 0 Å². The van der Waals surface area contributed by atoms with Crippen LogP contribution in [0, 0.1) is 0 Å². The van der Waals surface area contributed by atoms with E-state index < -0.39 is 0 Å². The highest BCUT2D eigenvalue weighted by atomic mass is 35.5. The number of nitrogens with one attached hydrogen (secondary N) is 2. The largest absolute Gasteiger partial charge is 0.366 e. The Kier molecular flexibility index (Phi) is 6.62. The maximum Gasteiger partial charge on any atom is 0.126 e. The van der Waals surface area contributed by atoms with Gasteiger partial charge in [0.25, 0.3) is 0 Å². The second-order valence-electron chi connectivity index (χ2n) is 3.05. The molecule has 0 bridgehead atoms. The predicted octanol–water partition coefficient (Wildman–Crippen LogP) is 1.70. The van der Waals surface area contributed by atoms with Crippen LogP contribution < -0.4 is 10.6 Å². The fourth-order valence-electron chi connectivity index (χ4n) is 1.44. The van der Waals surface area contributed by atoms with Crippen molar-refractivity contribution in [3.05, 3.63) is 24.4 Å². The average molecular weight is 236 g/mol. The molecular weight excluding hydrogens is 221 g/mol. The molecule has 3 nitrogen and oxygen atoms in total. The Morgan fingerprint density at radius 2 is 2.21 bits per heavy atom. The van der Waals surface area contributed by atoms with Gasteiger partial charge in [-0.05, 0) is 25.1 Å². The fourth-order valence-corrected chi connectivity index (χ4v) is 1.44. The van der Waals surface area contributed by atoms with E-state index in [1.807, 2.05) is 24.4 Å². The van der Waals surface area contributed by atoms with Gasteiger partial charge in [-0.15, -0.1) is 24.8 Å². The van der Waals surface area contributed by atoms with Gasteiger partial charge in [-0.1, -0.05) is 6.07 Å². The molecule has 1 aromatic heterocycles. The highest BCUT2D eigenvalue weighted by molar-refractivity contribution is 5.85. The van der Waals surface area contributed by atoms with E-state index in [-0.39, 0.29) is 24.8 Å². The third-order valence-electron chi connectivity index (χ3n) is 2.08. The highest BCUT2D eigenvalue weighted by Gasteiger charge is 2.13. The normalized spacial score (nSPS) is 19.3. The standard InChI is InChI=1S/C9H13N3.2ClH/c1-2-5-11-9(3-1)12-8-4-6-10-7-8;;/h1-3,5,8,10H,4,6-7H2,(H,11,12);2*1H. The summed E-state index contributed by atoms with van der Waals surface area (Å²) in [6.45, 7) is 2.17. The maximum atomic E-state index is 4.20. The number of anilines is 1. The lowest BCUT2D eigenvalue weighted by molar-refractivity contribution is 0.788. The Morgan fingerprint density at radius 1 is 1.36 bits per heavy atom. The van der Waals surface area contributed by atoms with Gasteiger partial charge in [-0.2, -0.15) is 0 Å². The Bertz CT molecular complexity index is 237. The van der Waals surface area contributed by atoms with Crippen molar-refractivity contribution in [2.45, 2.75) is 12.5 Å². The number of hydrogen-bond acceptors (Lipinski definition) is 3. The van der Waals surface area contributed by atoms with Gasteiger partial charge in [-0.25, -0.2) is 4.98 Å². The minimum atomic E-state index is 0. The van der Waals surface area contributed by atoms with E-state index in [0.717, 1.165) is 18.9 Å². The maximum absolute atomic E-state index is 4.20. The number of aromatic nitrogens is 1. The molecule has 80 valence electrons. The van der Waals surface area contributed by atoms with Gasteiger partial charge in [0.2, 0.25) is 0 Å². The van der Waals surface area contributed by atoms with Gasteiger partial charge >= 0.3 is 0 Å². The van der Waals surface area contributed by atoms with Crippen molar-refractivity contribution >= 4 is 30.6 Å². The number of pyridine rings is 1. The van der Waals surface area contributed by atoms with Crippen molar-refractivity contribution in [2.75, 3.05) is 18.4 Å². The van der Waals surface area contributed by atoms with E-state index in [1.54, 1.807) is 0 Å². The SMILES string of the molecule is Cl.Cl.c1ccc(NC2CCNC2)nc1. The van der Waals surface area contributed by atoms with Gasteiger partial charge in [0.05, 0.1) is 0 Å². The Morgan fingerprint density at radius 3 is 2.79 bits per heavy atom. The van der Waals surface area contributed by atoms with Crippen molar-refractivity contribution in [1.82, 2.24) is 10.3 Å². The van der Waals surface area contributed by atoms with E-state index in [9.17, 15) is 0 Å². The summed E-state index contributed by atoms with van der Waals surface area (Å²) in [6, 6.07) is 6.48. The number of nitrogens with zero attached hydrogens (tertiary/aromatic N) is 1. The lowest BCUT2D eigenvalue weighted by Gasteiger charge is -2.10. The van der Waals surface area contributed by atoms with Crippen molar-refractivity contribution < 1.29 is 0 Å². The van der Waals surface area contributed by atoms with Gasteiger partial charge < -0.3 is 10.6 Å². The molecule has 1 fully saturated rings. The first-order valence-electron chi connectivity index (χ1n) is 4.33. The quantitative estimate of drug-likeness (QED) is 0.820. The molecule has 1 atom stereocenters. The number of halogens is 2. The first-order valence-corrected chi connectivity index (χ1v) is 4.33. The highest BCUT2D eigenvalue weighted by Crippen LogP contribution is 2.06. The van der Waals surface area contributed by atoms with Crippen molar-refractivity contribution in [1.29, 1.82) is 0 Å². The molecule has 2 rings (SSSR count). The summed E-state index contributed by atoms with van der Waals surface area (Å²) in [4.78, 5) is 4.20. The summed E-state index contributed by atoms with van der Waals surface area (Å²) in [5.41, 5.74) is 0. The molecule has 0 saturated carbocycles. The van der Waals surface area contributed by atoms with Gasteiger partial charge in [0, 0.05) is 18.8 Å². The minimum Gasteiger partial charge on any atom is -0.366 e. The molecule has 1 unspecified atom stereocenters. The minimum absolute atomic E-state index is 0. The summed E-state index contributed by atoms with van der Waals surface area (Å²) in [7, 11) is 0. The molecule has 1 aliphatic rings. The molecule has 5 heteroatoms. The fraction of sp³-hybridized carbons (Fsp3) is 0.444. The summed E-state index contributed by atoms with van der Waals surface area (Å²) >= 11 is 0. The monoisotopic (exact) mass is 235 g/mol. The van der Waals surface area contributed by atoms with Crippen LogP contribution in [0.3, 0.4) is 0 Å². The second-order valence-corrected chi connectivity index (χ2v) is 3.05. The summed E-state index contributed by atoms with van der Waals surface area (Å²) in [5.74, 6) is 0.978. The first-order chi connectivity index (χ1) is 5.95. The van der Waals surface area contributed by atoms with E-state index in [0.29, 0.717) is 6.04 Å².